The molecule has 2 rings (SSSR count). The fourth-order valence-corrected chi connectivity index (χ4v) is 2.02. The van der Waals surface area contributed by atoms with E-state index in [9.17, 15) is 9.50 Å². The number of nitrogens with zero attached hydrogens (tertiary/aromatic N) is 2. The van der Waals surface area contributed by atoms with E-state index in [0.29, 0.717) is 12.1 Å². The van der Waals surface area contributed by atoms with Gasteiger partial charge in [0.1, 0.15) is 0 Å². The number of aliphatic hydroxyl groups excluding tert-OH is 1. The van der Waals surface area contributed by atoms with E-state index in [0.717, 1.165) is 19.3 Å². The van der Waals surface area contributed by atoms with E-state index in [1.807, 2.05) is 0 Å². The van der Waals surface area contributed by atoms with Crippen LogP contribution in [0.5, 0.6) is 0 Å². The summed E-state index contributed by atoms with van der Waals surface area (Å²) in [6.45, 7) is 0. The highest BCUT2D eigenvalue weighted by Crippen LogP contribution is 2.32. The summed E-state index contributed by atoms with van der Waals surface area (Å²) >= 11 is 0. The molecule has 1 saturated carbocycles. The standard InChI is InChI=1S/C10H13FN2O/c11-10-9(12-4-5-13-10)7-2-1-3-8(14)6-7/h4-5,7-8,14H,1-3,6H2/t7-,8-/m1/s1. The minimum Gasteiger partial charge on any atom is -0.393 e. The Balaban J connectivity index is 2.18. The minimum absolute atomic E-state index is 0.0347. The highest BCUT2D eigenvalue weighted by atomic mass is 19.1. The van der Waals surface area contributed by atoms with Crippen molar-refractivity contribution in [2.75, 3.05) is 0 Å². The molecule has 0 bridgehead atoms. The first-order valence-electron chi connectivity index (χ1n) is 4.92. The average Bonchev–Trinajstić information content (AvgIpc) is 2.18. The zero-order valence-corrected chi connectivity index (χ0v) is 7.86. The number of aliphatic hydroxyl groups is 1. The normalized spacial score (nSPS) is 27.6. The molecule has 0 spiro atoms. The topological polar surface area (TPSA) is 46.0 Å². The number of hydrogen-bond donors (Lipinski definition) is 1. The van der Waals surface area contributed by atoms with Gasteiger partial charge in [0.15, 0.2) is 0 Å². The van der Waals surface area contributed by atoms with E-state index >= 15 is 0 Å². The third-order valence-corrected chi connectivity index (χ3v) is 2.71. The lowest BCUT2D eigenvalue weighted by Gasteiger charge is -2.25. The molecule has 1 aromatic rings. The maximum Gasteiger partial charge on any atom is 0.234 e. The third kappa shape index (κ3) is 1.90. The summed E-state index contributed by atoms with van der Waals surface area (Å²) in [6, 6.07) is 0. The van der Waals surface area contributed by atoms with Gasteiger partial charge in [0, 0.05) is 18.3 Å². The first-order chi connectivity index (χ1) is 6.77. The van der Waals surface area contributed by atoms with Crippen LogP contribution in [-0.4, -0.2) is 21.2 Å². The van der Waals surface area contributed by atoms with Crippen molar-refractivity contribution < 1.29 is 9.50 Å². The van der Waals surface area contributed by atoms with Crippen LogP contribution in [-0.2, 0) is 0 Å². The van der Waals surface area contributed by atoms with Gasteiger partial charge < -0.3 is 5.11 Å². The second kappa shape index (κ2) is 4.00. The lowest BCUT2D eigenvalue weighted by atomic mass is 9.85. The second-order valence-electron chi connectivity index (χ2n) is 3.75. The number of aromatic nitrogens is 2. The van der Waals surface area contributed by atoms with Gasteiger partial charge in [-0.2, -0.15) is 4.39 Å². The Hall–Kier alpha value is -1.03. The molecule has 1 aromatic heterocycles. The third-order valence-electron chi connectivity index (χ3n) is 2.71. The predicted octanol–water partition coefficient (Wildman–Crippen LogP) is 1.63. The highest BCUT2D eigenvalue weighted by molar-refractivity contribution is 5.07. The maximum atomic E-state index is 13.2. The van der Waals surface area contributed by atoms with Crippen molar-refractivity contribution in [1.82, 2.24) is 9.97 Å². The summed E-state index contributed by atoms with van der Waals surface area (Å²) in [5.41, 5.74) is 0.409. The van der Waals surface area contributed by atoms with E-state index in [-0.39, 0.29) is 12.0 Å². The first kappa shape index (κ1) is 9.52. The van der Waals surface area contributed by atoms with Gasteiger partial charge in [0.2, 0.25) is 5.95 Å². The van der Waals surface area contributed by atoms with E-state index < -0.39 is 5.95 Å². The highest BCUT2D eigenvalue weighted by Gasteiger charge is 2.25. The zero-order chi connectivity index (χ0) is 9.97. The maximum absolute atomic E-state index is 13.2. The van der Waals surface area contributed by atoms with Gasteiger partial charge in [0.05, 0.1) is 11.8 Å². The Kier molecular flexibility index (Phi) is 2.72. The largest absolute Gasteiger partial charge is 0.393 e. The predicted molar refractivity (Wildman–Crippen MR) is 49.2 cm³/mol. The number of hydrogen-bond acceptors (Lipinski definition) is 3. The molecule has 1 N–H and O–H groups in total. The Labute approximate surface area is 82.0 Å². The molecule has 4 heteroatoms. The van der Waals surface area contributed by atoms with Crippen LogP contribution in [0.4, 0.5) is 4.39 Å². The van der Waals surface area contributed by atoms with Gasteiger partial charge in [-0.1, -0.05) is 6.42 Å². The minimum atomic E-state index is -0.494. The van der Waals surface area contributed by atoms with Crippen molar-refractivity contribution in [1.29, 1.82) is 0 Å². The quantitative estimate of drug-likeness (QED) is 0.742. The molecule has 14 heavy (non-hydrogen) atoms. The number of halogens is 1. The molecule has 0 radical (unpaired) electrons. The summed E-state index contributed by atoms with van der Waals surface area (Å²) in [6.07, 6.45) is 5.79. The molecular formula is C10H13FN2O. The molecule has 0 amide bonds. The molecule has 0 unspecified atom stereocenters. The van der Waals surface area contributed by atoms with E-state index in [2.05, 4.69) is 9.97 Å². The van der Waals surface area contributed by atoms with Crippen LogP contribution >= 0.6 is 0 Å². The van der Waals surface area contributed by atoms with Gasteiger partial charge in [-0.3, -0.25) is 4.98 Å². The van der Waals surface area contributed by atoms with Gasteiger partial charge in [-0.05, 0) is 19.3 Å². The summed E-state index contributed by atoms with van der Waals surface area (Å²) in [5, 5.41) is 9.46. The van der Waals surface area contributed by atoms with Crippen LogP contribution < -0.4 is 0 Å². The number of rotatable bonds is 1. The van der Waals surface area contributed by atoms with Crippen LogP contribution in [0.1, 0.15) is 37.3 Å². The molecule has 76 valence electrons. The lowest BCUT2D eigenvalue weighted by Crippen LogP contribution is -2.20. The van der Waals surface area contributed by atoms with Crippen LogP contribution in [0.15, 0.2) is 12.4 Å². The Morgan fingerprint density at radius 2 is 2.07 bits per heavy atom. The first-order valence-corrected chi connectivity index (χ1v) is 4.92. The molecule has 1 fully saturated rings. The van der Waals surface area contributed by atoms with Gasteiger partial charge in [0.25, 0.3) is 0 Å². The molecule has 1 heterocycles. The summed E-state index contributed by atoms with van der Waals surface area (Å²) in [7, 11) is 0. The Bertz CT molecular complexity index is 319. The van der Waals surface area contributed by atoms with Crippen LogP contribution in [0.25, 0.3) is 0 Å². The summed E-state index contributed by atoms with van der Waals surface area (Å²) in [4.78, 5) is 7.56. The van der Waals surface area contributed by atoms with Crippen molar-refractivity contribution in [3.8, 4) is 0 Å². The van der Waals surface area contributed by atoms with Crippen molar-refractivity contribution in [2.24, 2.45) is 0 Å². The van der Waals surface area contributed by atoms with Crippen molar-refractivity contribution in [2.45, 2.75) is 37.7 Å². The lowest BCUT2D eigenvalue weighted by molar-refractivity contribution is 0.117. The van der Waals surface area contributed by atoms with Crippen LogP contribution in [0.2, 0.25) is 0 Å². The fraction of sp³-hybridized carbons (Fsp3) is 0.600. The van der Waals surface area contributed by atoms with Crippen LogP contribution in [0.3, 0.4) is 0 Å². The molecule has 1 aliphatic rings. The van der Waals surface area contributed by atoms with Crippen molar-refractivity contribution in [3.63, 3.8) is 0 Å². The molecule has 0 aliphatic heterocycles. The average molecular weight is 196 g/mol. The van der Waals surface area contributed by atoms with Crippen molar-refractivity contribution >= 4 is 0 Å². The molecule has 1 aliphatic carbocycles. The van der Waals surface area contributed by atoms with Gasteiger partial charge >= 0.3 is 0 Å². The van der Waals surface area contributed by atoms with E-state index in [1.54, 1.807) is 0 Å². The summed E-state index contributed by atoms with van der Waals surface area (Å²) in [5.74, 6) is -0.459. The Morgan fingerprint density at radius 1 is 1.29 bits per heavy atom. The van der Waals surface area contributed by atoms with Gasteiger partial charge in [-0.25, -0.2) is 4.98 Å². The molecular weight excluding hydrogens is 183 g/mol. The molecule has 0 aromatic carbocycles. The SMILES string of the molecule is O[C@@H]1CCC[C@@H](c2nccnc2F)C1. The molecule has 2 atom stereocenters. The fourth-order valence-electron chi connectivity index (χ4n) is 2.02. The summed E-state index contributed by atoms with van der Waals surface area (Å²) < 4.78 is 13.2. The smallest absolute Gasteiger partial charge is 0.234 e. The Morgan fingerprint density at radius 3 is 2.79 bits per heavy atom. The van der Waals surface area contributed by atoms with Crippen molar-refractivity contribution in [3.05, 3.63) is 24.0 Å². The molecule has 0 saturated heterocycles. The van der Waals surface area contributed by atoms with E-state index in [4.69, 9.17) is 0 Å². The van der Waals surface area contributed by atoms with Crippen LogP contribution in [0, 0.1) is 5.95 Å². The monoisotopic (exact) mass is 196 g/mol. The zero-order valence-electron chi connectivity index (χ0n) is 7.86. The second-order valence-corrected chi connectivity index (χ2v) is 3.75. The van der Waals surface area contributed by atoms with Gasteiger partial charge in [-0.15, -0.1) is 0 Å². The van der Waals surface area contributed by atoms with E-state index in [1.165, 1.54) is 12.4 Å². The molecule has 3 nitrogen and oxygen atoms in total.